The van der Waals surface area contributed by atoms with Crippen LogP contribution in [0.4, 0.5) is 0 Å². The molecule has 1 heterocycles. The van der Waals surface area contributed by atoms with Crippen LogP contribution >= 0.6 is 0 Å². The second-order valence-electron chi connectivity index (χ2n) is 5.15. The Morgan fingerprint density at radius 3 is 2.53 bits per heavy atom. The third-order valence-corrected chi connectivity index (χ3v) is 3.38. The van der Waals surface area contributed by atoms with Crippen molar-refractivity contribution in [3.05, 3.63) is 64.5 Å². The molecule has 2 nitrogen and oxygen atoms in total. The molecule has 2 heteroatoms. The molecule has 19 heavy (non-hydrogen) atoms. The van der Waals surface area contributed by atoms with Crippen molar-refractivity contribution in [3.8, 4) is 0 Å². The minimum Gasteiger partial charge on any atom is -0.306 e. The van der Waals surface area contributed by atoms with Crippen LogP contribution in [0.3, 0.4) is 0 Å². The van der Waals surface area contributed by atoms with Crippen molar-refractivity contribution in [3.63, 3.8) is 0 Å². The summed E-state index contributed by atoms with van der Waals surface area (Å²) in [5.41, 5.74) is 6.39. The third-order valence-electron chi connectivity index (χ3n) is 3.38. The molecule has 1 unspecified atom stereocenters. The van der Waals surface area contributed by atoms with Gasteiger partial charge in [0.15, 0.2) is 0 Å². The molecule has 2 rings (SSSR count). The van der Waals surface area contributed by atoms with E-state index in [-0.39, 0.29) is 6.04 Å². The monoisotopic (exact) mass is 254 g/mol. The molecule has 0 saturated carbocycles. The summed E-state index contributed by atoms with van der Waals surface area (Å²) in [6.45, 7) is 9.47. The first kappa shape index (κ1) is 13.8. The maximum atomic E-state index is 4.32. The average Bonchev–Trinajstić information content (AvgIpc) is 2.39. The standard InChI is InChI=1S/C17H22N2/c1-5-19-17(15-8-13(3)10-18-11-15)16-9-12(2)6-7-14(16)4/h6-11,17,19H,5H2,1-4H3. The second kappa shape index (κ2) is 5.98. The van der Waals surface area contributed by atoms with Crippen LogP contribution in [0, 0.1) is 20.8 Å². The van der Waals surface area contributed by atoms with E-state index in [1.165, 1.54) is 27.8 Å². The number of nitrogens with one attached hydrogen (secondary N) is 1. The number of nitrogens with zero attached hydrogens (tertiary/aromatic N) is 1. The highest BCUT2D eigenvalue weighted by Gasteiger charge is 2.15. The van der Waals surface area contributed by atoms with E-state index in [0.29, 0.717) is 0 Å². The molecule has 0 aliphatic rings. The zero-order valence-electron chi connectivity index (χ0n) is 12.2. The first-order valence-corrected chi connectivity index (χ1v) is 6.84. The molecule has 0 aliphatic heterocycles. The molecule has 1 N–H and O–H groups in total. The molecule has 0 bridgehead atoms. The predicted molar refractivity (Wildman–Crippen MR) is 80.4 cm³/mol. The van der Waals surface area contributed by atoms with Crippen LogP contribution in [0.5, 0.6) is 0 Å². The summed E-state index contributed by atoms with van der Waals surface area (Å²) in [6, 6.07) is 9.05. The summed E-state index contributed by atoms with van der Waals surface area (Å²) in [4.78, 5) is 4.32. The molecule has 2 aromatic rings. The third kappa shape index (κ3) is 3.21. The Morgan fingerprint density at radius 1 is 1.05 bits per heavy atom. The molecule has 0 spiro atoms. The fraction of sp³-hybridized carbons (Fsp3) is 0.353. The lowest BCUT2D eigenvalue weighted by Gasteiger charge is -2.21. The Hall–Kier alpha value is -1.67. The lowest BCUT2D eigenvalue weighted by molar-refractivity contribution is 0.625. The highest BCUT2D eigenvalue weighted by molar-refractivity contribution is 5.39. The highest BCUT2D eigenvalue weighted by Crippen LogP contribution is 2.25. The summed E-state index contributed by atoms with van der Waals surface area (Å²) in [5, 5.41) is 3.57. The molecular formula is C17H22N2. The highest BCUT2D eigenvalue weighted by atomic mass is 14.9. The quantitative estimate of drug-likeness (QED) is 0.899. The summed E-state index contributed by atoms with van der Waals surface area (Å²) in [7, 11) is 0. The maximum Gasteiger partial charge on any atom is 0.0594 e. The lowest BCUT2D eigenvalue weighted by Crippen LogP contribution is -2.23. The molecule has 100 valence electrons. The van der Waals surface area contributed by atoms with E-state index in [9.17, 15) is 0 Å². The van der Waals surface area contributed by atoms with Gasteiger partial charge in [0.1, 0.15) is 0 Å². The van der Waals surface area contributed by atoms with Crippen molar-refractivity contribution < 1.29 is 0 Å². The number of rotatable bonds is 4. The topological polar surface area (TPSA) is 24.9 Å². The van der Waals surface area contributed by atoms with Gasteiger partial charge in [0.25, 0.3) is 0 Å². The molecule has 0 aliphatic carbocycles. The molecular weight excluding hydrogens is 232 g/mol. The smallest absolute Gasteiger partial charge is 0.0594 e. The van der Waals surface area contributed by atoms with Crippen molar-refractivity contribution in [1.29, 1.82) is 0 Å². The predicted octanol–water partition coefficient (Wildman–Crippen LogP) is 3.71. The van der Waals surface area contributed by atoms with Crippen molar-refractivity contribution >= 4 is 0 Å². The molecule has 1 atom stereocenters. The Morgan fingerprint density at radius 2 is 1.84 bits per heavy atom. The number of pyridine rings is 1. The largest absolute Gasteiger partial charge is 0.306 e. The Bertz CT molecular complexity index is 561. The van der Waals surface area contributed by atoms with Gasteiger partial charge in [-0.05, 0) is 49.6 Å². The SMILES string of the molecule is CCNC(c1cncc(C)c1)c1cc(C)ccc1C. The van der Waals surface area contributed by atoms with Gasteiger partial charge in [-0.25, -0.2) is 0 Å². The minimum absolute atomic E-state index is 0.220. The molecule has 0 saturated heterocycles. The number of aryl methyl sites for hydroxylation is 3. The Balaban J connectivity index is 2.48. The van der Waals surface area contributed by atoms with Gasteiger partial charge in [0.05, 0.1) is 6.04 Å². The van der Waals surface area contributed by atoms with Gasteiger partial charge in [0.2, 0.25) is 0 Å². The fourth-order valence-corrected chi connectivity index (χ4v) is 2.42. The van der Waals surface area contributed by atoms with E-state index in [1.54, 1.807) is 0 Å². The van der Waals surface area contributed by atoms with Gasteiger partial charge >= 0.3 is 0 Å². The summed E-state index contributed by atoms with van der Waals surface area (Å²) >= 11 is 0. The van der Waals surface area contributed by atoms with Crippen LogP contribution in [-0.2, 0) is 0 Å². The number of hydrogen-bond acceptors (Lipinski definition) is 2. The Labute approximate surface area is 115 Å². The van der Waals surface area contributed by atoms with Crippen LogP contribution < -0.4 is 5.32 Å². The van der Waals surface area contributed by atoms with Gasteiger partial charge < -0.3 is 5.32 Å². The van der Waals surface area contributed by atoms with E-state index in [4.69, 9.17) is 0 Å². The lowest BCUT2D eigenvalue weighted by atomic mass is 9.94. The van der Waals surface area contributed by atoms with Gasteiger partial charge in [-0.2, -0.15) is 0 Å². The summed E-state index contributed by atoms with van der Waals surface area (Å²) in [6.07, 6.45) is 3.86. The van der Waals surface area contributed by atoms with Crippen molar-refractivity contribution in [1.82, 2.24) is 10.3 Å². The number of aromatic nitrogens is 1. The number of hydrogen-bond donors (Lipinski definition) is 1. The van der Waals surface area contributed by atoms with E-state index >= 15 is 0 Å². The van der Waals surface area contributed by atoms with Crippen molar-refractivity contribution in [2.24, 2.45) is 0 Å². The molecule has 0 radical (unpaired) electrons. The van der Waals surface area contributed by atoms with Gasteiger partial charge in [0, 0.05) is 12.4 Å². The second-order valence-corrected chi connectivity index (χ2v) is 5.15. The normalized spacial score (nSPS) is 12.4. The zero-order valence-corrected chi connectivity index (χ0v) is 12.2. The zero-order chi connectivity index (χ0) is 13.8. The van der Waals surface area contributed by atoms with E-state index in [1.807, 2.05) is 12.4 Å². The van der Waals surface area contributed by atoms with Crippen molar-refractivity contribution in [2.75, 3.05) is 6.54 Å². The fourth-order valence-electron chi connectivity index (χ4n) is 2.42. The van der Waals surface area contributed by atoms with E-state index in [2.05, 4.69) is 62.3 Å². The first-order valence-electron chi connectivity index (χ1n) is 6.84. The van der Waals surface area contributed by atoms with Crippen LogP contribution in [0.25, 0.3) is 0 Å². The van der Waals surface area contributed by atoms with Crippen LogP contribution in [0.1, 0.15) is 40.8 Å². The van der Waals surface area contributed by atoms with Crippen LogP contribution in [0.2, 0.25) is 0 Å². The minimum atomic E-state index is 0.220. The number of benzene rings is 1. The average molecular weight is 254 g/mol. The maximum absolute atomic E-state index is 4.32. The van der Waals surface area contributed by atoms with Gasteiger partial charge in [-0.1, -0.05) is 36.8 Å². The van der Waals surface area contributed by atoms with E-state index in [0.717, 1.165) is 6.54 Å². The molecule has 1 aromatic carbocycles. The van der Waals surface area contributed by atoms with Crippen LogP contribution in [0.15, 0.2) is 36.7 Å². The molecule has 1 aromatic heterocycles. The van der Waals surface area contributed by atoms with Crippen molar-refractivity contribution in [2.45, 2.75) is 33.7 Å². The summed E-state index contributed by atoms with van der Waals surface area (Å²) in [5.74, 6) is 0. The first-order chi connectivity index (χ1) is 9.11. The van der Waals surface area contributed by atoms with Crippen LogP contribution in [-0.4, -0.2) is 11.5 Å². The van der Waals surface area contributed by atoms with Gasteiger partial charge in [-0.15, -0.1) is 0 Å². The Kier molecular flexibility index (Phi) is 4.33. The summed E-state index contributed by atoms with van der Waals surface area (Å²) < 4.78 is 0. The molecule has 0 fully saturated rings. The molecule has 0 amide bonds. The van der Waals surface area contributed by atoms with Gasteiger partial charge in [-0.3, -0.25) is 4.98 Å². The van der Waals surface area contributed by atoms with E-state index < -0.39 is 0 Å².